The van der Waals surface area contributed by atoms with Crippen LogP contribution in [-0.4, -0.2) is 24.7 Å². The first-order chi connectivity index (χ1) is 8.31. The molecule has 0 bridgehead atoms. The zero-order valence-electron chi connectivity index (χ0n) is 9.43. The molecule has 0 aromatic carbocycles. The minimum absolute atomic E-state index is 0.0722. The average Bonchev–Trinajstić information content (AvgIpc) is 2.81. The van der Waals surface area contributed by atoms with Crippen molar-refractivity contribution < 1.29 is 9.47 Å². The first-order valence-electron chi connectivity index (χ1n) is 5.43. The highest BCUT2D eigenvalue weighted by atomic mass is 16.5. The number of hydrogen-bond donors (Lipinski definition) is 2. The van der Waals surface area contributed by atoms with Crippen molar-refractivity contribution in [1.82, 2.24) is 4.98 Å². The maximum atomic E-state index is 5.65. The molecule has 17 heavy (non-hydrogen) atoms. The van der Waals surface area contributed by atoms with Crippen LogP contribution in [0.1, 0.15) is 5.69 Å². The molecule has 1 aromatic rings. The van der Waals surface area contributed by atoms with Crippen LogP contribution in [0.25, 0.3) is 5.57 Å². The van der Waals surface area contributed by atoms with Gasteiger partial charge in [0.2, 0.25) is 5.88 Å². The van der Waals surface area contributed by atoms with Crippen LogP contribution in [0.15, 0.2) is 30.2 Å². The number of anilines is 1. The Bertz CT molecular complexity index is 522. The van der Waals surface area contributed by atoms with E-state index in [1.807, 2.05) is 24.4 Å². The summed E-state index contributed by atoms with van der Waals surface area (Å²) in [6.45, 7) is 0.458. The van der Waals surface area contributed by atoms with Gasteiger partial charge in [-0.3, -0.25) is 0 Å². The first kappa shape index (κ1) is 10.2. The van der Waals surface area contributed by atoms with E-state index in [0.29, 0.717) is 12.4 Å². The SMILES string of the molecule is COc1ccc2c(n1)C1=CC(CN)OC1=CN2. The summed E-state index contributed by atoms with van der Waals surface area (Å²) in [5, 5.41) is 3.14. The summed E-state index contributed by atoms with van der Waals surface area (Å²) < 4.78 is 10.8. The molecular formula is C12H13N3O2. The molecule has 3 rings (SSSR count). The van der Waals surface area contributed by atoms with E-state index < -0.39 is 0 Å². The fourth-order valence-electron chi connectivity index (χ4n) is 1.97. The molecule has 0 amide bonds. The molecule has 0 aliphatic carbocycles. The molecule has 2 aliphatic rings. The van der Waals surface area contributed by atoms with E-state index >= 15 is 0 Å². The van der Waals surface area contributed by atoms with Crippen LogP contribution in [-0.2, 0) is 4.74 Å². The number of rotatable bonds is 2. The predicted molar refractivity (Wildman–Crippen MR) is 64.4 cm³/mol. The molecule has 5 nitrogen and oxygen atoms in total. The van der Waals surface area contributed by atoms with E-state index in [1.54, 1.807) is 7.11 Å². The minimum atomic E-state index is -0.0722. The molecule has 0 saturated heterocycles. The van der Waals surface area contributed by atoms with Gasteiger partial charge in [-0.05, 0) is 12.1 Å². The van der Waals surface area contributed by atoms with Crippen LogP contribution >= 0.6 is 0 Å². The van der Waals surface area contributed by atoms with Crippen LogP contribution in [0.3, 0.4) is 0 Å². The van der Waals surface area contributed by atoms with Gasteiger partial charge >= 0.3 is 0 Å². The molecule has 2 aliphatic heterocycles. The number of nitrogens with two attached hydrogens (primary N) is 1. The third-order valence-corrected chi connectivity index (χ3v) is 2.82. The van der Waals surface area contributed by atoms with E-state index in [9.17, 15) is 0 Å². The molecule has 0 spiro atoms. The summed E-state index contributed by atoms with van der Waals surface area (Å²) in [6, 6.07) is 3.76. The second kappa shape index (κ2) is 3.78. The summed E-state index contributed by atoms with van der Waals surface area (Å²) >= 11 is 0. The predicted octanol–water partition coefficient (Wildman–Crippen LogP) is 1.10. The topological polar surface area (TPSA) is 69.4 Å². The number of allylic oxidation sites excluding steroid dienone is 1. The number of ether oxygens (including phenoxy) is 2. The standard InChI is InChI=1S/C12H13N3O2/c1-16-11-3-2-9-12(15-11)8-4-7(5-13)17-10(8)6-14-9/h2-4,6-7,14H,5,13H2,1H3. The van der Waals surface area contributed by atoms with Crippen LogP contribution in [0, 0.1) is 0 Å². The first-order valence-corrected chi connectivity index (χ1v) is 5.43. The van der Waals surface area contributed by atoms with Gasteiger partial charge in [0.15, 0.2) is 0 Å². The average molecular weight is 231 g/mol. The van der Waals surface area contributed by atoms with Gasteiger partial charge < -0.3 is 20.5 Å². The van der Waals surface area contributed by atoms with E-state index in [4.69, 9.17) is 15.2 Å². The van der Waals surface area contributed by atoms with Crippen molar-refractivity contribution in [3.8, 4) is 5.88 Å². The van der Waals surface area contributed by atoms with Crippen molar-refractivity contribution in [2.75, 3.05) is 19.0 Å². The maximum Gasteiger partial charge on any atom is 0.213 e. The third-order valence-electron chi connectivity index (χ3n) is 2.82. The van der Waals surface area contributed by atoms with Crippen molar-refractivity contribution >= 4 is 11.3 Å². The monoisotopic (exact) mass is 231 g/mol. The Morgan fingerprint density at radius 3 is 3.18 bits per heavy atom. The number of fused-ring (bicyclic) bond motifs is 3. The Balaban J connectivity index is 2.08. The lowest BCUT2D eigenvalue weighted by atomic mass is 10.1. The summed E-state index contributed by atoms with van der Waals surface area (Å²) in [4.78, 5) is 4.43. The Hall–Kier alpha value is -2.01. The number of methoxy groups -OCH3 is 1. The lowest BCUT2D eigenvalue weighted by molar-refractivity contribution is 0.189. The Kier molecular flexibility index (Phi) is 2.26. The van der Waals surface area contributed by atoms with Gasteiger partial charge in [-0.1, -0.05) is 0 Å². The highest BCUT2D eigenvalue weighted by molar-refractivity contribution is 5.87. The Labute approximate surface area is 98.9 Å². The zero-order valence-corrected chi connectivity index (χ0v) is 9.43. The maximum absolute atomic E-state index is 5.65. The van der Waals surface area contributed by atoms with E-state index in [2.05, 4.69) is 10.3 Å². The van der Waals surface area contributed by atoms with Crippen molar-refractivity contribution in [2.45, 2.75) is 6.10 Å². The highest BCUT2D eigenvalue weighted by Gasteiger charge is 2.28. The molecule has 0 radical (unpaired) electrons. The number of pyridine rings is 1. The molecule has 1 unspecified atom stereocenters. The molecular weight excluding hydrogens is 218 g/mol. The Morgan fingerprint density at radius 1 is 1.53 bits per heavy atom. The summed E-state index contributed by atoms with van der Waals surface area (Å²) in [5.41, 5.74) is 8.37. The van der Waals surface area contributed by atoms with Gasteiger partial charge in [0.25, 0.3) is 0 Å². The Morgan fingerprint density at radius 2 is 2.41 bits per heavy atom. The lowest BCUT2D eigenvalue weighted by Gasteiger charge is -2.17. The van der Waals surface area contributed by atoms with Crippen molar-refractivity contribution in [3.63, 3.8) is 0 Å². The van der Waals surface area contributed by atoms with Crippen LogP contribution in [0.4, 0.5) is 5.69 Å². The van der Waals surface area contributed by atoms with Crippen molar-refractivity contribution in [1.29, 1.82) is 0 Å². The fraction of sp³-hybridized carbons (Fsp3) is 0.250. The minimum Gasteiger partial charge on any atom is -0.483 e. The van der Waals surface area contributed by atoms with Gasteiger partial charge in [0.05, 0.1) is 12.8 Å². The van der Waals surface area contributed by atoms with Crippen LogP contribution < -0.4 is 15.8 Å². The number of nitrogens with zero attached hydrogens (tertiary/aromatic N) is 1. The van der Waals surface area contributed by atoms with Gasteiger partial charge in [0, 0.05) is 24.4 Å². The molecule has 88 valence electrons. The molecule has 3 N–H and O–H groups in total. The van der Waals surface area contributed by atoms with Gasteiger partial charge in [0.1, 0.15) is 17.6 Å². The normalized spacial score (nSPS) is 20.5. The fourth-order valence-corrected chi connectivity index (χ4v) is 1.97. The van der Waals surface area contributed by atoms with Crippen LogP contribution in [0.2, 0.25) is 0 Å². The van der Waals surface area contributed by atoms with E-state index in [-0.39, 0.29) is 6.10 Å². The zero-order chi connectivity index (χ0) is 11.8. The molecule has 0 fully saturated rings. The van der Waals surface area contributed by atoms with Gasteiger partial charge in [-0.25, -0.2) is 4.98 Å². The third kappa shape index (κ3) is 1.55. The smallest absolute Gasteiger partial charge is 0.213 e. The quantitative estimate of drug-likeness (QED) is 0.797. The van der Waals surface area contributed by atoms with E-state index in [0.717, 1.165) is 22.7 Å². The number of hydrogen-bond acceptors (Lipinski definition) is 5. The molecule has 3 heterocycles. The summed E-state index contributed by atoms with van der Waals surface area (Å²) in [5.74, 6) is 1.37. The largest absolute Gasteiger partial charge is 0.483 e. The number of aromatic nitrogens is 1. The second-order valence-corrected chi connectivity index (χ2v) is 3.88. The summed E-state index contributed by atoms with van der Waals surface area (Å²) in [7, 11) is 1.60. The molecule has 0 saturated carbocycles. The number of nitrogens with one attached hydrogen (secondary N) is 1. The van der Waals surface area contributed by atoms with Gasteiger partial charge in [-0.2, -0.15) is 0 Å². The van der Waals surface area contributed by atoms with Crippen molar-refractivity contribution in [2.24, 2.45) is 5.73 Å². The highest BCUT2D eigenvalue weighted by Crippen LogP contribution is 2.38. The second-order valence-electron chi connectivity index (χ2n) is 3.88. The molecule has 5 heteroatoms. The molecule has 1 aromatic heterocycles. The summed E-state index contributed by atoms with van der Waals surface area (Å²) in [6.07, 6.45) is 3.76. The molecule has 1 atom stereocenters. The van der Waals surface area contributed by atoms with Crippen molar-refractivity contribution in [3.05, 3.63) is 35.9 Å². The van der Waals surface area contributed by atoms with Gasteiger partial charge in [-0.15, -0.1) is 0 Å². The lowest BCUT2D eigenvalue weighted by Crippen LogP contribution is -2.17. The van der Waals surface area contributed by atoms with Crippen LogP contribution in [0.5, 0.6) is 5.88 Å². The van der Waals surface area contributed by atoms with E-state index in [1.165, 1.54) is 0 Å².